The van der Waals surface area contributed by atoms with Gasteiger partial charge in [-0.3, -0.25) is 0 Å². The fourth-order valence-corrected chi connectivity index (χ4v) is 1.37. The molecule has 1 aromatic carbocycles. The van der Waals surface area contributed by atoms with Gasteiger partial charge in [0.25, 0.3) is 0 Å². The highest BCUT2D eigenvalue weighted by atomic mass is 16.5. The molecular formula is C12H15NO. The van der Waals surface area contributed by atoms with Crippen LogP contribution in [0.1, 0.15) is 26.3 Å². The van der Waals surface area contributed by atoms with Gasteiger partial charge < -0.3 is 4.74 Å². The van der Waals surface area contributed by atoms with E-state index < -0.39 is 0 Å². The van der Waals surface area contributed by atoms with E-state index >= 15 is 0 Å². The van der Waals surface area contributed by atoms with Gasteiger partial charge >= 0.3 is 0 Å². The zero-order chi connectivity index (χ0) is 10.8. The van der Waals surface area contributed by atoms with Gasteiger partial charge in [-0.2, -0.15) is 0 Å². The summed E-state index contributed by atoms with van der Waals surface area (Å²) < 4.78 is 5.08. The maximum atomic E-state index is 7.11. The Hall–Kier alpha value is -1.49. The molecule has 0 amide bonds. The Morgan fingerprint density at radius 3 is 2.36 bits per heavy atom. The molecule has 2 nitrogen and oxygen atoms in total. The van der Waals surface area contributed by atoms with Gasteiger partial charge in [0.15, 0.2) is 5.69 Å². The Kier molecular flexibility index (Phi) is 2.81. The fraction of sp³-hybridized carbons (Fsp3) is 0.417. The largest absolute Gasteiger partial charge is 0.498 e. The minimum absolute atomic E-state index is 0.00611. The van der Waals surface area contributed by atoms with Gasteiger partial charge in [0, 0.05) is 0 Å². The standard InChI is InChI=1S/C12H15NO/c1-12(2,3)10-7-6-9(14-5)8-11(10)13-4/h6-8H,1-3,5H3. The van der Waals surface area contributed by atoms with Crippen LogP contribution in [0.15, 0.2) is 18.2 Å². The summed E-state index contributed by atoms with van der Waals surface area (Å²) in [6, 6.07) is 5.65. The zero-order valence-corrected chi connectivity index (χ0v) is 9.09. The molecule has 0 aliphatic carbocycles. The molecule has 0 saturated heterocycles. The van der Waals surface area contributed by atoms with Gasteiger partial charge in [-0.25, -0.2) is 4.85 Å². The van der Waals surface area contributed by atoms with E-state index in [0.29, 0.717) is 5.69 Å². The molecule has 0 spiro atoms. The van der Waals surface area contributed by atoms with E-state index in [-0.39, 0.29) is 5.41 Å². The molecule has 0 unspecified atom stereocenters. The Morgan fingerprint density at radius 2 is 1.93 bits per heavy atom. The van der Waals surface area contributed by atoms with Crippen molar-refractivity contribution in [1.82, 2.24) is 0 Å². The van der Waals surface area contributed by atoms with E-state index in [2.05, 4.69) is 25.6 Å². The van der Waals surface area contributed by atoms with Crippen LogP contribution in [0.3, 0.4) is 0 Å². The molecule has 0 aliphatic heterocycles. The molecule has 0 atom stereocenters. The van der Waals surface area contributed by atoms with Gasteiger partial charge in [-0.15, -0.1) is 0 Å². The normalized spacial score (nSPS) is 10.8. The second kappa shape index (κ2) is 3.71. The molecular weight excluding hydrogens is 174 g/mol. The summed E-state index contributed by atoms with van der Waals surface area (Å²) in [5.41, 5.74) is 1.75. The first kappa shape index (κ1) is 10.6. The highest BCUT2D eigenvalue weighted by molar-refractivity contribution is 5.58. The van der Waals surface area contributed by atoms with Crippen molar-refractivity contribution in [3.8, 4) is 5.75 Å². The van der Waals surface area contributed by atoms with Crippen LogP contribution >= 0.6 is 0 Å². The molecule has 0 aromatic heterocycles. The number of nitrogens with zero attached hydrogens (tertiary/aromatic N) is 1. The lowest BCUT2D eigenvalue weighted by Gasteiger charge is -2.21. The third-order valence-electron chi connectivity index (χ3n) is 2.13. The Labute approximate surface area is 85.3 Å². The van der Waals surface area contributed by atoms with E-state index in [1.54, 1.807) is 13.2 Å². The third-order valence-corrected chi connectivity index (χ3v) is 2.13. The van der Waals surface area contributed by atoms with E-state index in [1.165, 1.54) is 0 Å². The monoisotopic (exact) mass is 189 g/mol. The summed E-state index contributed by atoms with van der Waals surface area (Å²) in [5.74, 6) is 0.740. The Morgan fingerprint density at radius 1 is 1.29 bits per heavy atom. The fourth-order valence-electron chi connectivity index (χ4n) is 1.37. The molecule has 0 heterocycles. The number of hydrogen-bond acceptors (Lipinski definition) is 1. The molecule has 74 valence electrons. The Bertz CT molecular complexity index is 369. The molecule has 1 rings (SSSR count). The lowest BCUT2D eigenvalue weighted by Crippen LogP contribution is -2.10. The minimum Gasteiger partial charge on any atom is -0.498 e. The highest BCUT2D eigenvalue weighted by Gasteiger charge is 2.17. The summed E-state index contributed by atoms with van der Waals surface area (Å²) in [6.07, 6.45) is 0. The van der Waals surface area contributed by atoms with Crippen molar-refractivity contribution >= 4 is 5.69 Å². The highest BCUT2D eigenvalue weighted by Crippen LogP contribution is 2.34. The summed E-state index contributed by atoms with van der Waals surface area (Å²) >= 11 is 0. The van der Waals surface area contributed by atoms with Gasteiger partial charge in [-0.1, -0.05) is 26.8 Å². The lowest BCUT2D eigenvalue weighted by molar-refractivity contribution is 0.414. The van der Waals surface area contributed by atoms with Crippen molar-refractivity contribution in [2.24, 2.45) is 0 Å². The van der Waals surface area contributed by atoms with Crippen molar-refractivity contribution in [1.29, 1.82) is 0 Å². The van der Waals surface area contributed by atoms with Crippen molar-refractivity contribution in [2.75, 3.05) is 7.11 Å². The van der Waals surface area contributed by atoms with Crippen LogP contribution < -0.4 is 4.74 Å². The quantitative estimate of drug-likeness (QED) is 0.616. The number of hydrogen-bond donors (Lipinski definition) is 0. The molecule has 1 aromatic rings. The van der Waals surface area contributed by atoms with Crippen LogP contribution in [0.2, 0.25) is 0 Å². The van der Waals surface area contributed by atoms with Crippen molar-refractivity contribution in [3.05, 3.63) is 35.2 Å². The predicted molar refractivity (Wildman–Crippen MR) is 58.0 cm³/mol. The second-order valence-electron chi connectivity index (χ2n) is 4.24. The maximum absolute atomic E-state index is 7.11. The van der Waals surface area contributed by atoms with Crippen LogP contribution in [0, 0.1) is 6.57 Å². The summed E-state index contributed by atoms with van der Waals surface area (Å²) in [6.45, 7) is 13.4. The van der Waals surface area contributed by atoms with E-state index in [9.17, 15) is 0 Å². The molecule has 0 bridgehead atoms. The average molecular weight is 189 g/mol. The first-order valence-electron chi connectivity index (χ1n) is 4.55. The zero-order valence-electron chi connectivity index (χ0n) is 9.09. The van der Waals surface area contributed by atoms with Crippen molar-refractivity contribution in [3.63, 3.8) is 0 Å². The summed E-state index contributed by atoms with van der Waals surface area (Å²) in [7, 11) is 1.61. The van der Waals surface area contributed by atoms with Gasteiger partial charge in [0.1, 0.15) is 5.75 Å². The van der Waals surface area contributed by atoms with E-state index in [0.717, 1.165) is 11.3 Å². The minimum atomic E-state index is 0.00611. The lowest BCUT2D eigenvalue weighted by atomic mass is 9.86. The molecule has 0 radical (unpaired) electrons. The second-order valence-corrected chi connectivity index (χ2v) is 4.24. The topological polar surface area (TPSA) is 13.6 Å². The molecule has 2 heteroatoms. The van der Waals surface area contributed by atoms with Crippen LogP contribution in [0.25, 0.3) is 4.85 Å². The summed E-state index contributed by atoms with van der Waals surface area (Å²) in [5, 5.41) is 0. The predicted octanol–water partition coefficient (Wildman–Crippen LogP) is 3.54. The van der Waals surface area contributed by atoms with E-state index in [4.69, 9.17) is 11.3 Å². The van der Waals surface area contributed by atoms with Gasteiger partial charge in [0.05, 0.1) is 13.7 Å². The molecule has 0 saturated carbocycles. The van der Waals surface area contributed by atoms with Crippen LogP contribution in [0.5, 0.6) is 5.75 Å². The SMILES string of the molecule is [C-]#[N+]c1cc(OC)ccc1C(C)(C)C. The van der Waals surface area contributed by atoms with E-state index in [1.807, 2.05) is 12.1 Å². The summed E-state index contributed by atoms with van der Waals surface area (Å²) in [4.78, 5) is 3.52. The van der Waals surface area contributed by atoms with Crippen LogP contribution in [0.4, 0.5) is 5.69 Å². The first-order valence-corrected chi connectivity index (χ1v) is 4.55. The molecule has 0 aliphatic rings. The number of rotatable bonds is 1. The molecule has 0 fully saturated rings. The molecule has 14 heavy (non-hydrogen) atoms. The average Bonchev–Trinajstić information content (AvgIpc) is 2.15. The number of benzene rings is 1. The van der Waals surface area contributed by atoms with Crippen LogP contribution in [-0.4, -0.2) is 7.11 Å². The first-order chi connectivity index (χ1) is 6.49. The van der Waals surface area contributed by atoms with Crippen molar-refractivity contribution < 1.29 is 4.74 Å². The Balaban J connectivity index is 3.28. The van der Waals surface area contributed by atoms with Crippen molar-refractivity contribution in [2.45, 2.75) is 26.2 Å². The van der Waals surface area contributed by atoms with Gasteiger partial charge in [-0.05, 0) is 23.1 Å². The van der Waals surface area contributed by atoms with Crippen LogP contribution in [-0.2, 0) is 5.41 Å². The number of methoxy groups -OCH3 is 1. The number of ether oxygens (including phenoxy) is 1. The third kappa shape index (κ3) is 2.05. The molecule has 0 N–H and O–H groups in total. The van der Waals surface area contributed by atoms with Gasteiger partial charge in [0.2, 0.25) is 0 Å². The maximum Gasteiger partial charge on any atom is 0.194 e. The smallest absolute Gasteiger partial charge is 0.194 e.